The number of rotatable bonds is 2. The number of epoxide rings is 1. The van der Waals surface area contributed by atoms with Crippen LogP contribution in [-0.2, 0) is 14.3 Å². The van der Waals surface area contributed by atoms with Gasteiger partial charge >= 0.3 is 5.97 Å². The lowest BCUT2D eigenvalue weighted by Crippen LogP contribution is -1.97. The predicted molar refractivity (Wildman–Crippen MR) is 53.5 cm³/mol. The molecule has 0 aromatic rings. The molecule has 3 heteroatoms. The minimum absolute atomic E-state index is 0.359. The second kappa shape index (κ2) is 10.9. The molecule has 1 rings (SSSR count). The number of hydrogen-bond donors (Lipinski definition) is 0. The van der Waals surface area contributed by atoms with E-state index in [4.69, 9.17) is 4.74 Å². The van der Waals surface area contributed by atoms with Gasteiger partial charge in [-0.3, -0.25) is 0 Å². The lowest BCUT2D eigenvalue weighted by Gasteiger charge is -1.90. The Bertz CT molecular complexity index is 139. The van der Waals surface area contributed by atoms with E-state index in [1.54, 1.807) is 6.92 Å². The van der Waals surface area contributed by atoms with Crippen molar-refractivity contribution in [1.82, 2.24) is 0 Å². The number of hydrogen-bond acceptors (Lipinski definition) is 3. The zero-order chi connectivity index (χ0) is 10.7. The first kappa shape index (κ1) is 14.4. The minimum atomic E-state index is -0.359. The van der Waals surface area contributed by atoms with Gasteiger partial charge in [0.1, 0.15) is 0 Å². The molecule has 0 saturated carbocycles. The van der Waals surface area contributed by atoms with Crippen LogP contribution in [0, 0.1) is 0 Å². The standard InChI is InChI=1S/C5H8O2.C3H6O.C2H4/c1-3-5(6)7-4-2;1-3-2-4-3;1-2/h3H,1,4H2,2H3;3H,2H2,1H3;1-2H2. The van der Waals surface area contributed by atoms with Crippen LogP contribution in [0.4, 0.5) is 0 Å². The molecule has 1 atom stereocenters. The molecule has 0 N–H and O–H groups in total. The van der Waals surface area contributed by atoms with Crippen LogP contribution >= 0.6 is 0 Å². The molecule has 13 heavy (non-hydrogen) atoms. The first-order chi connectivity index (χ1) is 6.20. The molecule has 0 spiro atoms. The van der Waals surface area contributed by atoms with Crippen molar-refractivity contribution in [1.29, 1.82) is 0 Å². The van der Waals surface area contributed by atoms with E-state index >= 15 is 0 Å². The third kappa shape index (κ3) is 18.1. The largest absolute Gasteiger partial charge is 0.463 e. The highest BCUT2D eigenvalue weighted by Crippen LogP contribution is 2.04. The molecule has 0 aromatic carbocycles. The normalized spacial score (nSPS) is 16.6. The number of carbonyl (C=O) groups is 1. The summed E-state index contributed by atoms with van der Waals surface area (Å²) in [6, 6.07) is 0. The molecule has 1 aliphatic rings. The Hall–Kier alpha value is -1.09. The number of carbonyl (C=O) groups excluding carboxylic acids is 1. The van der Waals surface area contributed by atoms with Crippen LogP contribution in [0.1, 0.15) is 13.8 Å². The van der Waals surface area contributed by atoms with E-state index in [2.05, 4.69) is 31.4 Å². The quantitative estimate of drug-likeness (QED) is 0.286. The van der Waals surface area contributed by atoms with Crippen molar-refractivity contribution < 1.29 is 14.3 Å². The Morgan fingerprint density at radius 3 is 2.15 bits per heavy atom. The maximum Gasteiger partial charge on any atom is 0.330 e. The van der Waals surface area contributed by atoms with E-state index in [1.165, 1.54) is 0 Å². The summed E-state index contributed by atoms with van der Waals surface area (Å²) in [7, 11) is 0. The van der Waals surface area contributed by atoms with Crippen molar-refractivity contribution in [3.8, 4) is 0 Å². The third-order valence-corrected chi connectivity index (χ3v) is 0.953. The summed E-state index contributed by atoms with van der Waals surface area (Å²) in [5.41, 5.74) is 0. The van der Waals surface area contributed by atoms with Gasteiger partial charge in [-0.05, 0) is 13.8 Å². The van der Waals surface area contributed by atoms with Crippen LogP contribution in [0.25, 0.3) is 0 Å². The molecule has 1 fully saturated rings. The monoisotopic (exact) mass is 186 g/mol. The fourth-order valence-corrected chi connectivity index (χ4v) is 0.297. The van der Waals surface area contributed by atoms with Crippen molar-refractivity contribution in [2.75, 3.05) is 13.2 Å². The summed E-state index contributed by atoms with van der Waals surface area (Å²) in [6.07, 6.45) is 1.73. The molecule has 1 aliphatic heterocycles. The Balaban J connectivity index is 0. The van der Waals surface area contributed by atoms with Gasteiger partial charge < -0.3 is 9.47 Å². The van der Waals surface area contributed by atoms with Crippen molar-refractivity contribution in [3.05, 3.63) is 25.8 Å². The first-order valence-corrected chi connectivity index (χ1v) is 4.11. The maximum absolute atomic E-state index is 10.1. The van der Waals surface area contributed by atoms with Crippen LogP contribution in [0.2, 0.25) is 0 Å². The Kier molecular flexibility index (Phi) is 12.1. The Morgan fingerprint density at radius 2 is 2.08 bits per heavy atom. The molecule has 76 valence electrons. The van der Waals surface area contributed by atoms with Crippen LogP contribution in [0.3, 0.4) is 0 Å². The van der Waals surface area contributed by atoms with Crippen molar-refractivity contribution in [2.24, 2.45) is 0 Å². The van der Waals surface area contributed by atoms with E-state index in [-0.39, 0.29) is 5.97 Å². The van der Waals surface area contributed by atoms with Gasteiger partial charge in [-0.2, -0.15) is 0 Å². The first-order valence-electron chi connectivity index (χ1n) is 4.11. The predicted octanol–water partition coefficient (Wildman–Crippen LogP) is 1.94. The van der Waals surface area contributed by atoms with Gasteiger partial charge in [0, 0.05) is 6.08 Å². The fourth-order valence-electron chi connectivity index (χ4n) is 0.297. The molecular weight excluding hydrogens is 168 g/mol. The highest BCUT2D eigenvalue weighted by molar-refractivity contribution is 5.81. The summed E-state index contributed by atoms with van der Waals surface area (Å²) in [6.45, 7) is 14.4. The Morgan fingerprint density at radius 1 is 1.69 bits per heavy atom. The van der Waals surface area contributed by atoms with Gasteiger partial charge in [0.15, 0.2) is 0 Å². The Labute approximate surface area is 80.0 Å². The summed E-state index contributed by atoms with van der Waals surface area (Å²) in [5, 5.41) is 0. The second-order valence-electron chi connectivity index (χ2n) is 2.10. The molecule has 0 amide bonds. The highest BCUT2D eigenvalue weighted by Gasteiger charge is 2.13. The summed E-state index contributed by atoms with van der Waals surface area (Å²) >= 11 is 0. The third-order valence-electron chi connectivity index (χ3n) is 0.953. The summed E-state index contributed by atoms with van der Waals surface area (Å²) in [4.78, 5) is 10.1. The molecular formula is C10H18O3. The van der Waals surface area contributed by atoms with Gasteiger partial charge in [0.2, 0.25) is 0 Å². The van der Waals surface area contributed by atoms with Crippen LogP contribution in [0.15, 0.2) is 25.8 Å². The fraction of sp³-hybridized carbons (Fsp3) is 0.500. The molecule has 0 radical (unpaired) electrons. The SMILES string of the molecule is C=C.C=CC(=O)OCC.CC1CO1. The number of ether oxygens (including phenoxy) is 2. The van der Waals surface area contributed by atoms with Crippen LogP contribution < -0.4 is 0 Å². The molecule has 0 aliphatic carbocycles. The summed E-state index contributed by atoms with van der Waals surface area (Å²) in [5.74, 6) is -0.359. The molecule has 0 aromatic heterocycles. The van der Waals surface area contributed by atoms with E-state index in [9.17, 15) is 4.79 Å². The lowest BCUT2D eigenvalue weighted by molar-refractivity contribution is -0.137. The van der Waals surface area contributed by atoms with E-state index in [1.807, 2.05) is 0 Å². The topological polar surface area (TPSA) is 38.8 Å². The van der Waals surface area contributed by atoms with Gasteiger partial charge in [0.25, 0.3) is 0 Å². The van der Waals surface area contributed by atoms with Crippen molar-refractivity contribution >= 4 is 5.97 Å². The highest BCUT2D eigenvalue weighted by atomic mass is 16.6. The molecule has 0 bridgehead atoms. The van der Waals surface area contributed by atoms with Crippen LogP contribution in [-0.4, -0.2) is 25.3 Å². The average Bonchev–Trinajstić information content (AvgIpc) is 2.93. The van der Waals surface area contributed by atoms with Gasteiger partial charge in [-0.25, -0.2) is 4.79 Å². The maximum atomic E-state index is 10.1. The zero-order valence-corrected chi connectivity index (χ0v) is 8.41. The van der Waals surface area contributed by atoms with E-state index in [0.29, 0.717) is 12.7 Å². The van der Waals surface area contributed by atoms with Gasteiger partial charge in [-0.15, -0.1) is 13.2 Å². The zero-order valence-electron chi connectivity index (χ0n) is 8.41. The second-order valence-corrected chi connectivity index (χ2v) is 2.10. The lowest BCUT2D eigenvalue weighted by atomic mass is 10.6. The van der Waals surface area contributed by atoms with Gasteiger partial charge in [-0.1, -0.05) is 6.58 Å². The van der Waals surface area contributed by atoms with E-state index in [0.717, 1.165) is 12.7 Å². The van der Waals surface area contributed by atoms with Crippen molar-refractivity contribution in [3.63, 3.8) is 0 Å². The van der Waals surface area contributed by atoms with Crippen LogP contribution in [0.5, 0.6) is 0 Å². The van der Waals surface area contributed by atoms with Crippen molar-refractivity contribution in [2.45, 2.75) is 20.0 Å². The van der Waals surface area contributed by atoms with Gasteiger partial charge in [0.05, 0.1) is 19.3 Å². The molecule has 3 nitrogen and oxygen atoms in total. The van der Waals surface area contributed by atoms with E-state index < -0.39 is 0 Å². The number of esters is 1. The average molecular weight is 186 g/mol. The molecule has 1 unspecified atom stereocenters. The summed E-state index contributed by atoms with van der Waals surface area (Å²) < 4.78 is 9.14. The minimum Gasteiger partial charge on any atom is -0.463 e. The smallest absolute Gasteiger partial charge is 0.330 e. The molecule has 1 saturated heterocycles. The molecule has 1 heterocycles.